The first-order chi connectivity index (χ1) is 4.55. The minimum absolute atomic E-state index is 0.308. The van der Waals surface area contributed by atoms with Gasteiger partial charge < -0.3 is 4.74 Å². The van der Waals surface area contributed by atoms with Gasteiger partial charge >= 0.3 is 0 Å². The molecule has 0 atom stereocenters. The van der Waals surface area contributed by atoms with Gasteiger partial charge in [-0.1, -0.05) is 25.4 Å². The van der Waals surface area contributed by atoms with Crippen LogP contribution < -0.4 is 0 Å². The van der Waals surface area contributed by atoms with Crippen molar-refractivity contribution in [3.8, 4) is 0 Å². The van der Waals surface area contributed by atoms with Crippen molar-refractivity contribution < 1.29 is 4.74 Å². The molecule has 1 aliphatic rings. The van der Waals surface area contributed by atoms with Gasteiger partial charge in [0.2, 0.25) is 0 Å². The van der Waals surface area contributed by atoms with E-state index in [9.17, 15) is 0 Å². The summed E-state index contributed by atoms with van der Waals surface area (Å²) in [5.41, 5.74) is 0.308. The van der Waals surface area contributed by atoms with E-state index in [2.05, 4.69) is 13.8 Å². The quantitative estimate of drug-likeness (QED) is 0.573. The van der Waals surface area contributed by atoms with E-state index in [-0.39, 0.29) is 0 Å². The Bertz CT molecular complexity index is 170. The molecule has 0 radical (unpaired) electrons. The Labute approximate surface area is 67.0 Å². The fourth-order valence-corrected chi connectivity index (χ4v) is 1.80. The second kappa shape index (κ2) is 2.46. The van der Waals surface area contributed by atoms with E-state index in [1.807, 2.05) is 0 Å². The van der Waals surface area contributed by atoms with Gasteiger partial charge in [-0.3, -0.25) is 0 Å². The Balaban J connectivity index is 2.68. The molecule has 0 bridgehead atoms. The fraction of sp³-hybridized carbons (Fsp3) is 0.750. The highest BCUT2D eigenvalue weighted by Crippen LogP contribution is 2.42. The predicted molar refractivity (Wildman–Crippen MR) is 42.9 cm³/mol. The lowest BCUT2D eigenvalue weighted by atomic mass is 9.91. The van der Waals surface area contributed by atoms with Crippen LogP contribution in [0.25, 0.3) is 0 Å². The predicted octanol–water partition coefficient (Wildman–Crippen LogP) is 2.90. The average molecular weight is 161 g/mol. The summed E-state index contributed by atoms with van der Waals surface area (Å²) >= 11 is 5.92. The number of rotatable bonds is 1. The van der Waals surface area contributed by atoms with Crippen molar-refractivity contribution in [1.29, 1.82) is 0 Å². The molecule has 2 heteroatoms. The van der Waals surface area contributed by atoms with Crippen molar-refractivity contribution >= 4 is 11.6 Å². The molecule has 0 N–H and O–H groups in total. The molecule has 0 aromatic carbocycles. The number of methoxy groups -OCH3 is 1. The number of hydrogen-bond acceptors (Lipinski definition) is 1. The minimum atomic E-state index is 0.308. The third-order valence-corrected chi connectivity index (χ3v) is 2.17. The van der Waals surface area contributed by atoms with Crippen LogP contribution >= 0.6 is 11.6 Å². The van der Waals surface area contributed by atoms with Crippen LogP contribution in [0.4, 0.5) is 0 Å². The highest BCUT2D eigenvalue weighted by Gasteiger charge is 2.30. The third-order valence-electron chi connectivity index (χ3n) is 1.82. The van der Waals surface area contributed by atoms with E-state index in [1.165, 1.54) is 0 Å². The van der Waals surface area contributed by atoms with E-state index in [0.717, 1.165) is 23.6 Å². The summed E-state index contributed by atoms with van der Waals surface area (Å²) in [7, 11) is 1.68. The lowest BCUT2D eigenvalue weighted by Gasteiger charge is -2.15. The first-order valence-electron chi connectivity index (χ1n) is 3.47. The maximum absolute atomic E-state index is 5.92. The topological polar surface area (TPSA) is 9.23 Å². The molecular weight excluding hydrogens is 148 g/mol. The summed E-state index contributed by atoms with van der Waals surface area (Å²) in [5.74, 6) is 0.965. The van der Waals surface area contributed by atoms with Gasteiger partial charge in [-0.05, 0) is 11.8 Å². The van der Waals surface area contributed by atoms with Crippen molar-refractivity contribution in [1.82, 2.24) is 0 Å². The van der Waals surface area contributed by atoms with E-state index in [1.54, 1.807) is 7.11 Å². The van der Waals surface area contributed by atoms with Crippen molar-refractivity contribution in [2.45, 2.75) is 26.7 Å². The molecule has 1 aliphatic carbocycles. The molecule has 0 aromatic heterocycles. The van der Waals surface area contributed by atoms with Crippen LogP contribution in [-0.2, 0) is 4.74 Å². The summed E-state index contributed by atoms with van der Waals surface area (Å²) in [5, 5.41) is 0.896. The highest BCUT2D eigenvalue weighted by molar-refractivity contribution is 6.30. The molecule has 58 valence electrons. The van der Waals surface area contributed by atoms with Crippen LogP contribution in [0.1, 0.15) is 26.7 Å². The Hall–Kier alpha value is -0.170. The third kappa shape index (κ3) is 1.46. The van der Waals surface area contributed by atoms with E-state index in [4.69, 9.17) is 16.3 Å². The Morgan fingerprint density at radius 3 is 2.20 bits per heavy atom. The molecular formula is C8H13ClO. The van der Waals surface area contributed by atoms with Crippen molar-refractivity contribution in [3.63, 3.8) is 0 Å². The molecule has 10 heavy (non-hydrogen) atoms. The van der Waals surface area contributed by atoms with Crippen LogP contribution in [0.3, 0.4) is 0 Å². The molecule has 1 nitrogen and oxygen atoms in total. The molecule has 0 unspecified atom stereocenters. The summed E-state index contributed by atoms with van der Waals surface area (Å²) in [4.78, 5) is 0. The molecule has 0 aromatic rings. The largest absolute Gasteiger partial charge is 0.500 e. The van der Waals surface area contributed by atoms with E-state index < -0.39 is 0 Å². The molecule has 0 saturated carbocycles. The van der Waals surface area contributed by atoms with Crippen LogP contribution in [0, 0.1) is 5.41 Å². The molecule has 0 fully saturated rings. The first kappa shape index (κ1) is 7.93. The molecule has 0 amide bonds. The second-order valence-electron chi connectivity index (χ2n) is 3.55. The van der Waals surface area contributed by atoms with Gasteiger partial charge in [-0.25, -0.2) is 0 Å². The average Bonchev–Trinajstić information content (AvgIpc) is 2.05. The Kier molecular flexibility index (Phi) is 1.95. The van der Waals surface area contributed by atoms with Crippen molar-refractivity contribution in [2.75, 3.05) is 7.11 Å². The van der Waals surface area contributed by atoms with Crippen LogP contribution in [-0.4, -0.2) is 7.11 Å². The van der Waals surface area contributed by atoms with Gasteiger partial charge in [0, 0.05) is 6.42 Å². The van der Waals surface area contributed by atoms with Crippen molar-refractivity contribution in [3.05, 3.63) is 10.8 Å². The minimum Gasteiger partial charge on any atom is -0.500 e. The van der Waals surface area contributed by atoms with E-state index >= 15 is 0 Å². The number of hydrogen-bond donors (Lipinski definition) is 0. The molecule has 0 spiro atoms. The SMILES string of the molecule is COC1=C(Cl)CC(C)(C)C1. The monoisotopic (exact) mass is 160 g/mol. The normalized spacial score (nSPS) is 23.6. The Morgan fingerprint density at radius 2 is 2.00 bits per heavy atom. The number of halogens is 1. The summed E-state index contributed by atoms with van der Waals surface area (Å²) in [6, 6.07) is 0. The highest BCUT2D eigenvalue weighted by atomic mass is 35.5. The van der Waals surface area contributed by atoms with E-state index in [0.29, 0.717) is 5.41 Å². The van der Waals surface area contributed by atoms with Gasteiger partial charge in [0.1, 0.15) is 5.76 Å². The zero-order valence-electron chi connectivity index (χ0n) is 6.70. The van der Waals surface area contributed by atoms with Gasteiger partial charge in [0.05, 0.1) is 12.1 Å². The summed E-state index contributed by atoms with van der Waals surface area (Å²) < 4.78 is 5.11. The molecule has 0 saturated heterocycles. The Morgan fingerprint density at radius 1 is 1.40 bits per heavy atom. The van der Waals surface area contributed by atoms with Crippen molar-refractivity contribution in [2.24, 2.45) is 5.41 Å². The summed E-state index contributed by atoms with van der Waals surface area (Å²) in [6.45, 7) is 4.39. The molecule has 0 aliphatic heterocycles. The smallest absolute Gasteiger partial charge is 0.111 e. The second-order valence-corrected chi connectivity index (χ2v) is 4.01. The molecule has 1 rings (SSSR count). The maximum atomic E-state index is 5.92. The zero-order chi connectivity index (χ0) is 7.78. The van der Waals surface area contributed by atoms with Crippen LogP contribution in [0.15, 0.2) is 10.8 Å². The zero-order valence-corrected chi connectivity index (χ0v) is 7.46. The maximum Gasteiger partial charge on any atom is 0.111 e. The standard InChI is InChI=1S/C8H13ClO/c1-8(2)4-6(9)7(5-8)10-3/h4-5H2,1-3H3. The van der Waals surface area contributed by atoms with Gasteiger partial charge in [0.15, 0.2) is 0 Å². The van der Waals surface area contributed by atoms with Gasteiger partial charge in [-0.15, -0.1) is 0 Å². The lowest BCUT2D eigenvalue weighted by molar-refractivity contribution is 0.253. The van der Waals surface area contributed by atoms with Crippen LogP contribution in [0.5, 0.6) is 0 Å². The summed E-state index contributed by atoms with van der Waals surface area (Å²) in [6.07, 6.45) is 1.93. The lowest BCUT2D eigenvalue weighted by Crippen LogP contribution is -2.05. The number of ether oxygens (including phenoxy) is 1. The van der Waals surface area contributed by atoms with Gasteiger partial charge in [0.25, 0.3) is 0 Å². The van der Waals surface area contributed by atoms with Gasteiger partial charge in [-0.2, -0.15) is 0 Å². The number of allylic oxidation sites excluding steroid dienone is 2. The first-order valence-corrected chi connectivity index (χ1v) is 3.84. The molecule has 0 heterocycles. The van der Waals surface area contributed by atoms with Crippen LogP contribution in [0.2, 0.25) is 0 Å². The fourth-order valence-electron chi connectivity index (χ4n) is 1.29.